The van der Waals surface area contributed by atoms with Gasteiger partial charge in [0.15, 0.2) is 5.82 Å². The number of halogens is 2. The van der Waals surface area contributed by atoms with Crippen molar-refractivity contribution >= 4 is 35.0 Å². The van der Waals surface area contributed by atoms with Crippen molar-refractivity contribution in [2.45, 2.75) is 11.8 Å². The number of ether oxygens (including phenoxy) is 3. The molecule has 1 heterocycles. The zero-order chi connectivity index (χ0) is 22.4. The van der Waals surface area contributed by atoms with Crippen LogP contribution in [0.1, 0.15) is 5.82 Å². The minimum Gasteiger partial charge on any atom is -0.495 e. The van der Waals surface area contributed by atoms with Gasteiger partial charge < -0.3 is 25.4 Å². The van der Waals surface area contributed by atoms with Crippen molar-refractivity contribution in [2.24, 2.45) is 0 Å². The summed E-state index contributed by atoms with van der Waals surface area (Å²) in [5.41, 5.74) is 0.404. The Morgan fingerprint density at radius 3 is 2.58 bits per heavy atom. The van der Waals surface area contributed by atoms with Crippen LogP contribution in [-0.2, 0) is 11.4 Å². The molecule has 3 aromatic rings. The van der Waals surface area contributed by atoms with E-state index in [1.54, 1.807) is 6.07 Å². The summed E-state index contributed by atoms with van der Waals surface area (Å²) in [5, 5.41) is 11.3. The monoisotopic (exact) mass is 467 g/mol. The summed E-state index contributed by atoms with van der Waals surface area (Å²) >= 11 is 7.21. The van der Waals surface area contributed by atoms with Gasteiger partial charge in [0, 0.05) is 6.07 Å². The van der Waals surface area contributed by atoms with Gasteiger partial charge in [-0.05, 0) is 30.3 Å². The van der Waals surface area contributed by atoms with Crippen LogP contribution in [0.2, 0.25) is 5.02 Å². The second-order valence-electron chi connectivity index (χ2n) is 6.04. The predicted octanol–water partition coefficient (Wildman–Crippen LogP) is 3.11. The predicted molar refractivity (Wildman–Crippen MR) is 115 cm³/mol. The lowest BCUT2D eigenvalue weighted by Gasteiger charge is -2.13. The molecule has 0 aliphatic heterocycles. The molecule has 0 radical (unpaired) electrons. The van der Waals surface area contributed by atoms with Gasteiger partial charge in [0.05, 0.1) is 30.7 Å². The largest absolute Gasteiger partial charge is 0.495 e. The summed E-state index contributed by atoms with van der Waals surface area (Å²) in [6.07, 6.45) is 0. The van der Waals surface area contributed by atoms with Crippen LogP contribution in [-0.4, -0.2) is 40.8 Å². The highest BCUT2D eigenvalue weighted by Crippen LogP contribution is 2.36. The average molecular weight is 468 g/mol. The fourth-order valence-corrected chi connectivity index (χ4v) is 3.37. The van der Waals surface area contributed by atoms with Gasteiger partial charge in [-0.2, -0.15) is 0 Å². The van der Waals surface area contributed by atoms with Crippen molar-refractivity contribution in [2.75, 3.05) is 31.1 Å². The van der Waals surface area contributed by atoms with E-state index in [4.69, 9.17) is 31.7 Å². The van der Waals surface area contributed by atoms with E-state index in [1.165, 1.54) is 49.2 Å². The molecule has 3 rings (SSSR count). The van der Waals surface area contributed by atoms with Crippen LogP contribution >= 0.6 is 23.4 Å². The zero-order valence-electron chi connectivity index (χ0n) is 16.6. The zero-order valence-corrected chi connectivity index (χ0v) is 18.2. The van der Waals surface area contributed by atoms with Crippen molar-refractivity contribution in [1.29, 1.82) is 0 Å². The van der Waals surface area contributed by atoms with Gasteiger partial charge in [0.25, 0.3) is 0 Å². The number of rotatable bonds is 9. The first-order chi connectivity index (χ1) is 14.9. The van der Waals surface area contributed by atoms with Crippen LogP contribution in [0.15, 0.2) is 41.6 Å². The molecular formula is C19H19ClFN5O4S. The fraction of sp³-hybridized carbons (Fsp3) is 0.211. The second kappa shape index (κ2) is 10.2. The van der Waals surface area contributed by atoms with Crippen LogP contribution in [0.3, 0.4) is 0 Å². The van der Waals surface area contributed by atoms with E-state index in [2.05, 4.69) is 15.5 Å². The highest BCUT2D eigenvalue weighted by Gasteiger charge is 2.16. The quantitative estimate of drug-likeness (QED) is 0.364. The van der Waals surface area contributed by atoms with E-state index in [0.717, 1.165) is 11.8 Å². The summed E-state index contributed by atoms with van der Waals surface area (Å²) in [6, 6.07) is 8.67. The molecule has 0 aliphatic carbocycles. The van der Waals surface area contributed by atoms with Gasteiger partial charge in [-0.25, -0.2) is 9.07 Å². The first kappa shape index (κ1) is 22.5. The summed E-state index contributed by atoms with van der Waals surface area (Å²) in [4.78, 5) is 12.4. The Balaban J connectivity index is 1.57. The number of hydrogen-bond donors (Lipinski definition) is 2. The third kappa shape index (κ3) is 5.70. The first-order valence-electron chi connectivity index (χ1n) is 8.83. The van der Waals surface area contributed by atoms with E-state index in [1.807, 2.05) is 0 Å². The lowest BCUT2D eigenvalue weighted by molar-refractivity contribution is -0.113. The number of anilines is 1. The lowest BCUT2D eigenvalue weighted by atomic mass is 10.2. The molecule has 0 bridgehead atoms. The molecule has 0 fully saturated rings. The Kier molecular flexibility index (Phi) is 7.42. The maximum Gasteiger partial charge on any atom is 0.234 e. The van der Waals surface area contributed by atoms with E-state index in [-0.39, 0.29) is 24.1 Å². The lowest BCUT2D eigenvalue weighted by Crippen LogP contribution is -2.18. The molecule has 0 saturated heterocycles. The van der Waals surface area contributed by atoms with E-state index in [9.17, 15) is 9.18 Å². The van der Waals surface area contributed by atoms with Crippen molar-refractivity contribution in [3.63, 3.8) is 0 Å². The number of nitrogens with one attached hydrogen (secondary N) is 1. The average Bonchev–Trinajstić information content (AvgIpc) is 3.11. The number of carbonyl (C=O) groups is 1. The van der Waals surface area contributed by atoms with Crippen LogP contribution < -0.4 is 25.4 Å². The molecule has 0 atom stereocenters. The molecule has 1 amide bonds. The number of hydrogen-bond acceptors (Lipinski definition) is 8. The number of nitrogens with zero attached hydrogens (tertiary/aromatic N) is 3. The van der Waals surface area contributed by atoms with Gasteiger partial charge in [0.1, 0.15) is 29.7 Å². The second-order valence-corrected chi connectivity index (χ2v) is 7.38. The molecule has 3 N–H and O–H groups in total. The fourth-order valence-electron chi connectivity index (χ4n) is 2.46. The maximum atomic E-state index is 12.9. The normalized spacial score (nSPS) is 10.6. The summed E-state index contributed by atoms with van der Waals surface area (Å²) in [6.45, 7) is 0.0312. The van der Waals surface area contributed by atoms with Gasteiger partial charge in [-0.1, -0.05) is 23.4 Å². The number of nitrogens with two attached hydrogens (primary N) is 1. The highest BCUT2D eigenvalue weighted by molar-refractivity contribution is 7.99. The molecule has 9 nitrogen and oxygen atoms in total. The number of nitrogen functional groups attached to an aromatic ring is 1. The molecule has 31 heavy (non-hydrogen) atoms. The van der Waals surface area contributed by atoms with E-state index in [0.29, 0.717) is 38.9 Å². The van der Waals surface area contributed by atoms with E-state index < -0.39 is 0 Å². The Morgan fingerprint density at radius 1 is 1.19 bits per heavy atom. The number of aromatic nitrogens is 3. The third-order valence-electron chi connectivity index (χ3n) is 4.00. The van der Waals surface area contributed by atoms with Gasteiger partial charge >= 0.3 is 0 Å². The summed E-state index contributed by atoms with van der Waals surface area (Å²) in [5.74, 6) is 6.95. The van der Waals surface area contributed by atoms with Crippen LogP contribution in [0.5, 0.6) is 17.2 Å². The topological polar surface area (TPSA) is 114 Å². The number of thioether (sulfide) groups is 1. The van der Waals surface area contributed by atoms with Gasteiger partial charge in [-0.3, -0.25) is 4.79 Å². The third-order valence-corrected chi connectivity index (χ3v) is 5.24. The minimum absolute atomic E-state index is 0.0148. The molecule has 0 spiro atoms. The maximum absolute atomic E-state index is 12.9. The minimum atomic E-state index is -0.360. The summed E-state index contributed by atoms with van der Waals surface area (Å²) in [7, 11) is 2.96. The molecule has 0 saturated carbocycles. The van der Waals surface area contributed by atoms with E-state index >= 15 is 0 Å². The van der Waals surface area contributed by atoms with Crippen LogP contribution in [0, 0.1) is 5.82 Å². The summed E-state index contributed by atoms with van der Waals surface area (Å²) < 4.78 is 30.1. The number of amides is 1. The van der Waals surface area contributed by atoms with Gasteiger partial charge in [0.2, 0.25) is 11.1 Å². The van der Waals surface area contributed by atoms with Crippen molar-refractivity contribution < 1.29 is 23.4 Å². The molecule has 0 unspecified atom stereocenters. The number of benzene rings is 2. The first-order valence-corrected chi connectivity index (χ1v) is 10.2. The highest BCUT2D eigenvalue weighted by atomic mass is 35.5. The Bertz CT molecular complexity index is 1060. The van der Waals surface area contributed by atoms with Gasteiger partial charge in [-0.15, -0.1) is 10.2 Å². The molecule has 2 aromatic carbocycles. The standard InChI is InChI=1S/C19H19ClFN5O4S/c1-28-15-8-16(29-2)14(7-13(15)20)23-18(27)10-31-19-25-24-17(26(19)22)9-30-12-5-3-11(21)4-6-12/h3-8H,9-10,22H2,1-2H3,(H,23,27). The Morgan fingerprint density at radius 2 is 1.90 bits per heavy atom. The van der Waals surface area contributed by atoms with Crippen molar-refractivity contribution in [3.8, 4) is 17.2 Å². The smallest absolute Gasteiger partial charge is 0.234 e. The Labute approximate surface area is 186 Å². The van der Waals surface area contributed by atoms with Crippen LogP contribution in [0.4, 0.5) is 10.1 Å². The number of methoxy groups -OCH3 is 2. The number of carbonyl (C=O) groups excluding carboxylic acids is 1. The van der Waals surface area contributed by atoms with Crippen molar-refractivity contribution in [1.82, 2.24) is 14.9 Å². The molecular weight excluding hydrogens is 449 g/mol. The van der Waals surface area contributed by atoms with Crippen molar-refractivity contribution in [3.05, 3.63) is 53.1 Å². The molecule has 12 heteroatoms. The Hall–Kier alpha value is -3.18. The molecule has 0 aliphatic rings. The van der Waals surface area contributed by atoms with Crippen LogP contribution in [0.25, 0.3) is 0 Å². The molecule has 164 valence electrons. The molecule has 1 aromatic heterocycles. The SMILES string of the molecule is COc1cc(OC)c(NC(=O)CSc2nnc(COc3ccc(F)cc3)n2N)cc1Cl.